The third-order valence-electron chi connectivity index (χ3n) is 2.20. The molecule has 0 unspecified atom stereocenters. The van der Waals surface area contributed by atoms with E-state index in [1.165, 1.54) is 5.56 Å². The predicted octanol–water partition coefficient (Wildman–Crippen LogP) is 4.08. The average molecular weight is 190 g/mol. The fourth-order valence-corrected chi connectivity index (χ4v) is 1.29. The lowest BCUT2D eigenvalue weighted by molar-refractivity contribution is 0.388. The van der Waals surface area contributed by atoms with Gasteiger partial charge in [0.25, 0.3) is 0 Å². The first-order valence-corrected chi connectivity index (χ1v) is 5.18. The third kappa shape index (κ3) is 3.65. The molecule has 0 atom stereocenters. The minimum atomic E-state index is 0.482. The quantitative estimate of drug-likeness (QED) is 0.709. The van der Waals surface area contributed by atoms with E-state index in [0.29, 0.717) is 5.76 Å². The Bertz CT molecular complexity index is 296. The first-order valence-electron chi connectivity index (χ1n) is 5.18. The largest absolute Gasteiger partial charge is 0.512 e. The molecular formula is C13H18O. The van der Waals surface area contributed by atoms with E-state index in [1.807, 2.05) is 18.2 Å². The van der Waals surface area contributed by atoms with Crippen molar-refractivity contribution >= 4 is 6.08 Å². The smallest absolute Gasteiger partial charge is 0.0928 e. The van der Waals surface area contributed by atoms with Crippen LogP contribution in [0.15, 0.2) is 30.0 Å². The molecule has 0 radical (unpaired) electrons. The van der Waals surface area contributed by atoms with E-state index in [9.17, 15) is 5.11 Å². The van der Waals surface area contributed by atoms with Crippen molar-refractivity contribution in [1.29, 1.82) is 0 Å². The molecular weight excluding hydrogens is 172 g/mol. The van der Waals surface area contributed by atoms with Crippen LogP contribution in [-0.4, -0.2) is 5.11 Å². The normalized spacial score (nSPS) is 11.7. The molecule has 1 aromatic carbocycles. The number of hydrogen-bond donors (Lipinski definition) is 1. The predicted molar refractivity (Wildman–Crippen MR) is 61.3 cm³/mol. The highest BCUT2D eigenvalue weighted by Crippen LogP contribution is 2.11. The summed E-state index contributed by atoms with van der Waals surface area (Å²) in [5.41, 5.74) is 2.32. The molecule has 1 nitrogen and oxygen atoms in total. The lowest BCUT2D eigenvalue weighted by Gasteiger charge is -1.99. The van der Waals surface area contributed by atoms with Gasteiger partial charge in [-0.15, -0.1) is 0 Å². The van der Waals surface area contributed by atoms with Crippen molar-refractivity contribution in [3.63, 3.8) is 0 Å². The van der Waals surface area contributed by atoms with E-state index in [4.69, 9.17) is 0 Å². The molecule has 0 heterocycles. The van der Waals surface area contributed by atoms with Crippen LogP contribution in [0.1, 0.15) is 37.3 Å². The Balaban J connectivity index is 2.61. The van der Waals surface area contributed by atoms with E-state index in [-0.39, 0.29) is 0 Å². The lowest BCUT2D eigenvalue weighted by atomic mass is 10.1. The molecule has 1 rings (SSSR count). The van der Waals surface area contributed by atoms with Crippen molar-refractivity contribution < 1.29 is 5.11 Å². The van der Waals surface area contributed by atoms with Crippen molar-refractivity contribution in [2.24, 2.45) is 0 Å². The van der Waals surface area contributed by atoms with Crippen molar-refractivity contribution in [2.75, 3.05) is 0 Å². The van der Waals surface area contributed by atoms with Gasteiger partial charge in [0.15, 0.2) is 0 Å². The van der Waals surface area contributed by atoms with Crippen LogP contribution in [0.4, 0.5) is 0 Å². The van der Waals surface area contributed by atoms with Gasteiger partial charge in [0.1, 0.15) is 0 Å². The highest BCUT2D eigenvalue weighted by Gasteiger charge is 1.93. The van der Waals surface area contributed by atoms with Gasteiger partial charge in [-0.05, 0) is 25.0 Å². The Hall–Kier alpha value is -1.24. The monoisotopic (exact) mass is 190 g/mol. The number of allylic oxidation sites excluding steroid dienone is 1. The first-order chi connectivity index (χ1) is 6.72. The Labute approximate surface area is 86.1 Å². The van der Waals surface area contributed by atoms with Gasteiger partial charge < -0.3 is 5.11 Å². The molecule has 0 aromatic heterocycles. The number of hydrogen-bond acceptors (Lipinski definition) is 1. The van der Waals surface area contributed by atoms with Gasteiger partial charge in [-0.25, -0.2) is 0 Å². The van der Waals surface area contributed by atoms with Crippen molar-refractivity contribution in [3.8, 4) is 0 Å². The fourth-order valence-electron chi connectivity index (χ4n) is 1.29. The van der Waals surface area contributed by atoms with Crippen molar-refractivity contribution in [1.82, 2.24) is 0 Å². The zero-order chi connectivity index (χ0) is 10.4. The summed E-state index contributed by atoms with van der Waals surface area (Å²) >= 11 is 0. The molecule has 76 valence electrons. The van der Waals surface area contributed by atoms with Gasteiger partial charge in [0.2, 0.25) is 0 Å². The second-order valence-electron chi connectivity index (χ2n) is 3.65. The summed E-state index contributed by atoms with van der Waals surface area (Å²) in [6.45, 7) is 4.18. The Kier molecular flexibility index (Phi) is 4.24. The Morgan fingerprint density at radius 1 is 1.29 bits per heavy atom. The Morgan fingerprint density at radius 2 is 1.93 bits per heavy atom. The standard InChI is InChI=1S/C13H18O/c1-3-4-5-13(14)10-12-8-6-11(2)7-9-12/h6-10,14H,3-5H2,1-2H3. The average Bonchev–Trinajstić information content (AvgIpc) is 2.18. The van der Waals surface area contributed by atoms with Gasteiger partial charge in [0, 0.05) is 6.42 Å². The Morgan fingerprint density at radius 3 is 2.50 bits per heavy atom. The molecule has 1 aromatic rings. The van der Waals surface area contributed by atoms with E-state index < -0.39 is 0 Å². The highest BCUT2D eigenvalue weighted by atomic mass is 16.3. The van der Waals surface area contributed by atoms with Gasteiger partial charge in [-0.3, -0.25) is 0 Å². The van der Waals surface area contributed by atoms with Crippen LogP contribution < -0.4 is 0 Å². The zero-order valence-electron chi connectivity index (χ0n) is 8.96. The summed E-state index contributed by atoms with van der Waals surface area (Å²) < 4.78 is 0. The number of rotatable bonds is 4. The molecule has 0 aliphatic carbocycles. The van der Waals surface area contributed by atoms with Crippen LogP contribution in [0.2, 0.25) is 0 Å². The van der Waals surface area contributed by atoms with Crippen LogP contribution >= 0.6 is 0 Å². The van der Waals surface area contributed by atoms with Crippen LogP contribution in [0.25, 0.3) is 6.08 Å². The molecule has 0 saturated carbocycles. The minimum Gasteiger partial charge on any atom is -0.512 e. The van der Waals surface area contributed by atoms with E-state index in [1.54, 1.807) is 0 Å². The third-order valence-corrected chi connectivity index (χ3v) is 2.20. The second-order valence-corrected chi connectivity index (χ2v) is 3.65. The van der Waals surface area contributed by atoms with E-state index >= 15 is 0 Å². The molecule has 0 fully saturated rings. The molecule has 14 heavy (non-hydrogen) atoms. The van der Waals surface area contributed by atoms with Gasteiger partial charge in [-0.2, -0.15) is 0 Å². The summed E-state index contributed by atoms with van der Waals surface area (Å²) in [5, 5.41) is 9.56. The van der Waals surface area contributed by atoms with Crippen molar-refractivity contribution in [3.05, 3.63) is 41.2 Å². The molecule has 0 amide bonds. The van der Waals surface area contributed by atoms with E-state index in [0.717, 1.165) is 24.8 Å². The maximum absolute atomic E-state index is 9.56. The van der Waals surface area contributed by atoms with Crippen LogP contribution in [0.3, 0.4) is 0 Å². The molecule has 0 aliphatic rings. The molecule has 1 N–H and O–H groups in total. The number of aliphatic hydroxyl groups is 1. The lowest BCUT2D eigenvalue weighted by Crippen LogP contribution is -1.82. The highest BCUT2D eigenvalue weighted by molar-refractivity contribution is 5.51. The zero-order valence-corrected chi connectivity index (χ0v) is 8.96. The van der Waals surface area contributed by atoms with E-state index in [2.05, 4.69) is 26.0 Å². The molecule has 0 spiro atoms. The SMILES string of the molecule is CCCCC(O)=Cc1ccc(C)cc1. The van der Waals surface area contributed by atoms with Gasteiger partial charge in [-0.1, -0.05) is 43.2 Å². The van der Waals surface area contributed by atoms with Crippen LogP contribution in [0.5, 0.6) is 0 Å². The number of aliphatic hydroxyl groups excluding tert-OH is 1. The maximum atomic E-state index is 9.56. The molecule has 0 bridgehead atoms. The van der Waals surface area contributed by atoms with Gasteiger partial charge >= 0.3 is 0 Å². The topological polar surface area (TPSA) is 20.2 Å². The number of benzene rings is 1. The summed E-state index contributed by atoms with van der Waals surface area (Å²) in [6.07, 6.45) is 4.79. The number of unbranched alkanes of at least 4 members (excludes halogenated alkanes) is 1. The molecule has 1 heteroatoms. The summed E-state index contributed by atoms with van der Waals surface area (Å²) in [5.74, 6) is 0.482. The number of aryl methyl sites for hydroxylation is 1. The van der Waals surface area contributed by atoms with Gasteiger partial charge in [0.05, 0.1) is 5.76 Å². The van der Waals surface area contributed by atoms with Crippen LogP contribution in [-0.2, 0) is 0 Å². The van der Waals surface area contributed by atoms with Crippen LogP contribution in [0, 0.1) is 6.92 Å². The minimum absolute atomic E-state index is 0.482. The summed E-state index contributed by atoms with van der Waals surface area (Å²) in [4.78, 5) is 0. The molecule has 0 aliphatic heterocycles. The molecule has 0 saturated heterocycles. The first kappa shape index (κ1) is 10.8. The summed E-state index contributed by atoms with van der Waals surface area (Å²) in [7, 11) is 0. The maximum Gasteiger partial charge on any atom is 0.0928 e. The fraction of sp³-hybridized carbons (Fsp3) is 0.385. The van der Waals surface area contributed by atoms with Crippen molar-refractivity contribution in [2.45, 2.75) is 33.1 Å². The second kappa shape index (κ2) is 5.48. The summed E-state index contributed by atoms with van der Waals surface area (Å²) in [6, 6.07) is 8.16.